The maximum Gasteiger partial charge on any atom is 0.311 e. The van der Waals surface area contributed by atoms with Crippen molar-refractivity contribution in [1.29, 1.82) is 0 Å². The molecule has 0 saturated heterocycles. The van der Waals surface area contributed by atoms with Gasteiger partial charge in [-0.3, -0.25) is 14.9 Å². The Kier molecular flexibility index (Phi) is 7.68. The molecule has 4 rings (SSSR count). The average Bonchev–Trinajstić information content (AvgIpc) is 2.83. The molecule has 0 spiro atoms. The van der Waals surface area contributed by atoms with E-state index in [0.29, 0.717) is 37.9 Å². The highest BCUT2D eigenvalue weighted by Crippen LogP contribution is 2.32. The molecule has 11 heteroatoms. The number of nitro benzene ring substituents is 1. The number of fused-ring (bicyclic) bond motifs is 1. The minimum absolute atomic E-state index is 0.00132. The molecular formula is C26H21BrCl2N4O4. The van der Waals surface area contributed by atoms with Crippen LogP contribution in [0.1, 0.15) is 37.7 Å². The Balaban J connectivity index is 1.81. The van der Waals surface area contributed by atoms with Gasteiger partial charge in [-0.15, -0.1) is 0 Å². The Morgan fingerprint density at radius 3 is 2.57 bits per heavy atom. The largest absolute Gasteiger partial charge is 0.481 e. The average molecular weight is 604 g/mol. The van der Waals surface area contributed by atoms with E-state index in [1.165, 1.54) is 23.0 Å². The van der Waals surface area contributed by atoms with E-state index in [1.807, 2.05) is 26.8 Å². The number of para-hydroxylation sites is 1. The van der Waals surface area contributed by atoms with Gasteiger partial charge >= 0.3 is 5.69 Å². The second-order valence-corrected chi connectivity index (χ2v) is 10.9. The van der Waals surface area contributed by atoms with Gasteiger partial charge in [0.05, 0.1) is 32.1 Å². The summed E-state index contributed by atoms with van der Waals surface area (Å²) in [7, 11) is 0. The third-order valence-electron chi connectivity index (χ3n) is 5.38. The summed E-state index contributed by atoms with van der Waals surface area (Å²) in [6.45, 7) is 5.77. The number of halogens is 3. The lowest BCUT2D eigenvalue weighted by Gasteiger charge is -2.21. The minimum Gasteiger partial charge on any atom is -0.481 e. The summed E-state index contributed by atoms with van der Waals surface area (Å²) in [5.74, 6) is 0.441. The predicted octanol–water partition coefficient (Wildman–Crippen LogP) is 7.13. The van der Waals surface area contributed by atoms with Crippen molar-refractivity contribution in [2.24, 2.45) is 5.10 Å². The standard InChI is InChI=1S/C26H21BrCl2N4O4/c1-26(2,3)25-31-21-10-8-17(27)12-18(21)24(34)32(25)30-13-16-5-4-6-22(33(35)36)23(16)37-14-15-7-9-19(28)20(29)11-15/h4-13H,14H2,1-3H3. The van der Waals surface area contributed by atoms with Crippen LogP contribution >= 0.6 is 39.1 Å². The first kappa shape index (κ1) is 26.8. The molecule has 190 valence electrons. The highest BCUT2D eigenvalue weighted by Gasteiger charge is 2.24. The first-order chi connectivity index (χ1) is 17.5. The molecule has 0 radical (unpaired) electrons. The van der Waals surface area contributed by atoms with Crippen molar-refractivity contribution in [3.63, 3.8) is 0 Å². The lowest BCUT2D eigenvalue weighted by molar-refractivity contribution is -0.385. The van der Waals surface area contributed by atoms with Crippen LogP contribution in [-0.2, 0) is 12.0 Å². The highest BCUT2D eigenvalue weighted by molar-refractivity contribution is 9.10. The van der Waals surface area contributed by atoms with Crippen LogP contribution in [0, 0.1) is 10.1 Å². The maximum absolute atomic E-state index is 13.4. The number of hydrogen-bond donors (Lipinski definition) is 0. The van der Waals surface area contributed by atoms with Crippen LogP contribution in [0.25, 0.3) is 10.9 Å². The molecule has 4 aromatic rings. The van der Waals surface area contributed by atoms with Crippen LogP contribution in [0.2, 0.25) is 10.0 Å². The topological polar surface area (TPSA) is 99.6 Å². The minimum atomic E-state index is -0.538. The van der Waals surface area contributed by atoms with Gasteiger partial charge in [0.1, 0.15) is 12.4 Å². The van der Waals surface area contributed by atoms with Crippen LogP contribution in [0.3, 0.4) is 0 Å². The molecule has 0 fully saturated rings. The third kappa shape index (κ3) is 5.84. The van der Waals surface area contributed by atoms with Gasteiger partial charge < -0.3 is 4.74 Å². The van der Waals surface area contributed by atoms with Gasteiger partial charge in [-0.2, -0.15) is 9.78 Å². The smallest absolute Gasteiger partial charge is 0.311 e. The summed E-state index contributed by atoms with van der Waals surface area (Å²) in [6.07, 6.45) is 1.36. The zero-order chi connectivity index (χ0) is 26.9. The maximum atomic E-state index is 13.4. The summed E-state index contributed by atoms with van der Waals surface area (Å²) >= 11 is 15.5. The van der Waals surface area contributed by atoms with Crippen molar-refractivity contribution in [3.05, 3.63) is 107 Å². The number of benzene rings is 3. The van der Waals surface area contributed by atoms with Gasteiger partial charge in [-0.05, 0) is 42.0 Å². The van der Waals surface area contributed by atoms with E-state index in [4.69, 9.17) is 27.9 Å². The Hall–Kier alpha value is -3.27. The molecule has 3 aromatic carbocycles. The Morgan fingerprint density at radius 2 is 1.89 bits per heavy atom. The monoisotopic (exact) mass is 602 g/mol. The van der Waals surface area contributed by atoms with Crippen LogP contribution in [-0.4, -0.2) is 20.8 Å². The molecule has 0 atom stereocenters. The van der Waals surface area contributed by atoms with Crippen molar-refractivity contribution in [3.8, 4) is 5.75 Å². The van der Waals surface area contributed by atoms with E-state index in [-0.39, 0.29) is 23.6 Å². The quantitative estimate of drug-likeness (QED) is 0.133. The summed E-state index contributed by atoms with van der Waals surface area (Å²) in [5, 5.41) is 17.3. The molecule has 0 bridgehead atoms. The number of hydrogen-bond acceptors (Lipinski definition) is 6. The Labute approximate surface area is 230 Å². The molecule has 8 nitrogen and oxygen atoms in total. The number of nitrogens with zero attached hydrogens (tertiary/aromatic N) is 4. The van der Waals surface area contributed by atoms with E-state index in [1.54, 1.807) is 36.4 Å². The molecule has 1 heterocycles. The second-order valence-electron chi connectivity index (χ2n) is 9.20. The molecule has 37 heavy (non-hydrogen) atoms. The van der Waals surface area contributed by atoms with Gasteiger partial charge in [-0.1, -0.05) is 72.0 Å². The fourth-order valence-electron chi connectivity index (χ4n) is 3.59. The van der Waals surface area contributed by atoms with Gasteiger partial charge in [0.25, 0.3) is 5.56 Å². The summed E-state index contributed by atoms with van der Waals surface area (Å²) in [5.41, 5.74) is 0.407. The number of aromatic nitrogens is 2. The molecule has 0 unspecified atom stereocenters. The molecule has 0 saturated carbocycles. The fraction of sp³-hybridized carbons (Fsp3) is 0.192. The lowest BCUT2D eigenvalue weighted by Crippen LogP contribution is -2.29. The zero-order valence-corrected chi connectivity index (χ0v) is 23.1. The number of rotatable bonds is 6. The van der Waals surface area contributed by atoms with E-state index < -0.39 is 10.3 Å². The van der Waals surface area contributed by atoms with Gasteiger partial charge in [0.2, 0.25) is 5.75 Å². The van der Waals surface area contributed by atoms with Crippen LogP contribution in [0.5, 0.6) is 5.75 Å². The van der Waals surface area contributed by atoms with Crippen LogP contribution < -0.4 is 10.3 Å². The first-order valence-corrected chi connectivity index (χ1v) is 12.6. The molecule has 0 amide bonds. The summed E-state index contributed by atoms with van der Waals surface area (Å²) in [6, 6.07) is 14.7. The summed E-state index contributed by atoms with van der Waals surface area (Å²) < 4.78 is 7.82. The van der Waals surface area contributed by atoms with Crippen molar-refractivity contribution in [1.82, 2.24) is 9.66 Å². The molecule has 0 aliphatic rings. The molecule has 1 aromatic heterocycles. The van der Waals surface area contributed by atoms with Gasteiger partial charge in [-0.25, -0.2) is 4.98 Å². The predicted molar refractivity (Wildman–Crippen MR) is 149 cm³/mol. The Morgan fingerprint density at radius 1 is 1.14 bits per heavy atom. The van der Waals surface area contributed by atoms with E-state index in [2.05, 4.69) is 26.0 Å². The second kappa shape index (κ2) is 10.6. The van der Waals surface area contributed by atoms with Crippen molar-refractivity contribution in [2.45, 2.75) is 32.8 Å². The van der Waals surface area contributed by atoms with Gasteiger partial charge in [0.15, 0.2) is 0 Å². The lowest BCUT2D eigenvalue weighted by atomic mass is 9.95. The fourth-order valence-corrected chi connectivity index (χ4v) is 4.27. The zero-order valence-electron chi connectivity index (χ0n) is 20.0. The van der Waals surface area contributed by atoms with E-state index >= 15 is 0 Å². The summed E-state index contributed by atoms with van der Waals surface area (Å²) in [4.78, 5) is 29.3. The Bertz CT molecular complexity index is 1610. The molecule has 0 aliphatic carbocycles. The first-order valence-electron chi connectivity index (χ1n) is 11.1. The normalized spacial score (nSPS) is 11.8. The third-order valence-corrected chi connectivity index (χ3v) is 6.61. The SMILES string of the molecule is CC(C)(C)c1nc2ccc(Br)cc2c(=O)n1N=Cc1cccc([N+](=O)[O-])c1OCc1ccc(Cl)c(Cl)c1. The van der Waals surface area contributed by atoms with E-state index in [9.17, 15) is 14.9 Å². The molecule has 0 N–H and O–H groups in total. The number of ether oxygens (including phenoxy) is 1. The van der Waals surface area contributed by atoms with Crippen molar-refractivity contribution in [2.75, 3.05) is 0 Å². The van der Waals surface area contributed by atoms with Crippen LogP contribution in [0.15, 0.2) is 69.0 Å². The van der Waals surface area contributed by atoms with Gasteiger partial charge in [0, 0.05) is 21.5 Å². The highest BCUT2D eigenvalue weighted by atomic mass is 79.9. The molecular weight excluding hydrogens is 583 g/mol. The van der Waals surface area contributed by atoms with Crippen molar-refractivity contribution < 1.29 is 9.66 Å². The number of nitro groups is 1. The van der Waals surface area contributed by atoms with E-state index in [0.717, 1.165) is 4.47 Å². The van der Waals surface area contributed by atoms with Crippen molar-refractivity contribution >= 4 is 61.9 Å². The van der Waals surface area contributed by atoms with Crippen LogP contribution in [0.4, 0.5) is 5.69 Å². The molecule has 0 aliphatic heterocycles.